The minimum atomic E-state index is -0.309. The molecule has 0 spiro atoms. The summed E-state index contributed by atoms with van der Waals surface area (Å²) in [5, 5.41) is 3.56. The number of hydrogen-bond acceptors (Lipinski definition) is 6. The van der Waals surface area contributed by atoms with Crippen molar-refractivity contribution in [3.8, 4) is 0 Å². The Bertz CT molecular complexity index is 1050. The van der Waals surface area contributed by atoms with Crippen LogP contribution in [0, 0.1) is 11.7 Å². The van der Waals surface area contributed by atoms with Gasteiger partial charge in [-0.05, 0) is 37.0 Å². The molecular weight excluding hydrogens is 501 g/mol. The Labute approximate surface area is 221 Å². The number of halogens is 2. The number of nitrogens with one attached hydrogen (secondary N) is 1. The van der Waals surface area contributed by atoms with Crippen molar-refractivity contribution in [2.45, 2.75) is 63.2 Å². The predicted molar refractivity (Wildman–Crippen MR) is 141 cm³/mol. The van der Waals surface area contributed by atoms with E-state index >= 15 is 0 Å². The van der Waals surface area contributed by atoms with Crippen molar-refractivity contribution in [3.05, 3.63) is 46.9 Å². The molecule has 194 valence electrons. The van der Waals surface area contributed by atoms with Crippen molar-refractivity contribution in [1.82, 2.24) is 20.2 Å². The first-order valence-electron chi connectivity index (χ1n) is 12.6. The van der Waals surface area contributed by atoms with Gasteiger partial charge in [0.15, 0.2) is 5.16 Å². The normalized spacial score (nSPS) is 18.5. The lowest BCUT2D eigenvalue weighted by Crippen LogP contribution is -2.54. The Kier molecular flexibility index (Phi) is 9.42. The van der Waals surface area contributed by atoms with Crippen molar-refractivity contribution in [2.75, 3.05) is 30.3 Å². The van der Waals surface area contributed by atoms with Crippen molar-refractivity contribution in [1.29, 1.82) is 0 Å². The van der Waals surface area contributed by atoms with Gasteiger partial charge < -0.3 is 15.1 Å². The SMILES string of the molecule is CC1CN(c2cc(Cl)nc(SCC(=O)NCc3ccc(F)cc3)n2)CCN1C(=O)CCC1CCCC1. The number of aromatic nitrogens is 2. The molecule has 2 amide bonds. The molecule has 1 saturated heterocycles. The van der Waals surface area contributed by atoms with E-state index in [4.69, 9.17) is 11.6 Å². The van der Waals surface area contributed by atoms with Crippen molar-refractivity contribution in [3.63, 3.8) is 0 Å². The summed E-state index contributed by atoms with van der Waals surface area (Å²) in [6, 6.07) is 7.81. The van der Waals surface area contributed by atoms with Crippen LogP contribution in [-0.4, -0.2) is 58.1 Å². The second-order valence-corrected chi connectivity index (χ2v) is 10.9. The monoisotopic (exact) mass is 533 g/mol. The van der Waals surface area contributed by atoms with Crippen molar-refractivity contribution in [2.24, 2.45) is 5.92 Å². The first-order valence-corrected chi connectivity index (χ1v) is 14.0. The third-order valence-corrected chi connectivity index (χ3v) is 7.95. The quantitative estimate of drug-likeness (QED) is 0.286. The van der Waals surface area contributed by atoms with Crippen LogP contribution in [0.4, 0.5) is 10.2 Å². The number of anilines is 1. The Hall–Kier alpha value is -2.39. The molecule has 2 aliphatic rings. The van der Waals surface area contributed by atoms with Crippen LogP contribution in [-0.2, 0) is 16.1 Å². The summed E-state index contributed by atoms with van der Waals surface area (Å²) in [6.45, 7) is 4.40. The number of hydrogen-bond donors (Lipinski definition) is 1. The van der Waals surface area contributed by atoms with Crippen LogP contribution < -0.4 is 10.2 Å². The molecule has 0 radical (unpaired) electrons. The average molecular weight is 534 g/mol. The number of amides is 2. The zero-order valence-corrected chi connectivity index (χ0v) is 22.2. The van der Waals surface area contributed by atoms with E-state index in [1.165, 1.54) is 49.6 Å². The number of rotatable bonds is 9. The van der Waals surface area contributed by atoms with E-state index in [0.717, 1.165) is 17.9 Å². The third-order valence-electron chi connectivity index (χ3n) is 6.91. The molecule has 36 heavy (non-hydrogen) atoms. The first kappa shape index (κ1) is 26.7. The molecular formula is C26H33ClFN5O2S. The second-order valence-electron chi connectivity index (χ2n) is 9.59. The largest absolute Gasteiger partial charge is 0.353 e. The van der Waals surface area contributed by atoms with Gasteiger partial charge in [0.05, 0.1) is 5.75 Å². The number of thioether (sulfide) groups is 1. The van der Waals surface area contributed by atoms with Crippen LogP contribution in [0.5, 0.6) is 0 Å². The predicted octanol–water partition coefficient (Wildman–Crippen LogP) is 4.69. The summed E-state index contributed by atoms with van der Waals surface area (Å²) in [5.41, 5.74) is 0.821. The van der Waals surface area contributed by atoms with E-state index in [0.29, 0.717) is 48.7 Å². The van der Waals surface area contributed by atoms with E-state index in [9.17, 15) is 14.0 Å². The van der Waals surface area contributed by atoms with Gasteiger partial charge in [-0.25, -0.2) is 14.4 Å². The molecule has 10 heteroatoms. The van der Waals surface area contributed by atoms with Crippen LogP contribution in [0.3, 0.4) is 0 Å². The molecule has 4 rings (SSSR count). The fraction of sp³-hybridized carbons (Fsp3) is 0.538. The Balaban J connectivity index is 1.26. The van der Waals surface area contributed by atoms with Crippen LogP contribution in [0.25, 0.3) is 0 Å². The van der Waals surface area contributed by atoms with Gasteiger partial charge in [0, 0.05) is 44.7 Å². The lowest BCUT2D eigenvalue weighted by atomic mass is 10.0. The second kappa shape index (κ2) is 12.7. The molecule has 1 aromatic carbocycles. The number of benzene rings is 1. The lowest BCUT2D eigenvalue weighted by molar-refractivity contribution is -0.134. The summed E-state index contributed by atoms with van der Waals surface area (Å²) < 4.78 is 13.0. The maximum atomic E-state index is 13.0. The number of carbonyl (C=O) groups is 2. The average Bonchev–Trinajstić information content (AvgIpc) is 3.39. The standard InChI is InChI=1S/C26H33ClFN5O2S/c1-18-16-32(12-13-33(18)25(35)11-8-19-4-2-3-5-19)23-14-22(27)30-26(31-23)36-17-24(34)29-15-20-6-9-21(28)10-7-20/h6-7,9-10,14,18-19H,2-5,8,11-13,15-17H2,1H3,(H,29,34). The van der Waals surface area contributed by atoms with Crippen LogP contribution in [0.2, 0.25) is 5.15 Å². The maximum Gasteiger partial charge on any atom is 0.230 e. The molecule has 1 unspecified atom stereocenters. The molecule has 2 aromatic rings. The molecule has 1 saturated carbocycles. The van der Waals surface area contributed by atoms with Gasteiger partial charge in [-0.15, -0.1) is 0 Å². The summed E-state index contributed by atoms with van der Waals surface area (Å²) in [5.74, 6) is 1.33. The van der Waals surface area contributed by atoms with Gasteiger partial charge >= 0.3 is 0 Å². The fourth-order valence-corrected chi connectivity index (χ4v) is 5.81. The summed E-state index contributed by atoms with van der Waals surface area (Å²) in [7, 11) is 0. The van der Waals surface area contributed by atoms with E-state index in [2.05, 4.69) is 27.1 Å². The minimum Gasteiger partial charge on any atom is -0.353 e. The van der Waals surface area contributed by atoms with Crippen molar-refractivity contribution < 1.29 is 14.0 Å². The van der Waals surface area contributed by atoms with E-state index in [1.807, 2.05) is 4.90 Å². The smallest absolute Gasteiger partial charge is 0.230 e. The highest BCUT2D eigenvalue weighted by atomic mass is 35.5. The summed E-state index contributed by atoms with van der Waals surface area (Å²) >= 11 is 7.48. The van der Waals surface area contributed by atoms with Gasteiger partial charge in [0.2, 0.25) is 11.8 Å². The van der Waals surface area contributed by atoms with Gasteiger partial charge in [-0.3, -0.25) is 9.59 Å². The molecule has 1 N–H and O–H groups in total. The fourth-order valence-electron chi connectivity index (χ4n) is 4.90. The van der Waals surface area contributed by atoms with Crippen LogP contribution in [0.1, 0.15) is 51.0 Å². The highest BCUT2D eigenvalue weighted by molar-refractivity contribution is 7.99. The lowest BCUT2D eigenvalue weighted by Gasteiger charge is -2.40. The van der Waals surface area contributed by atoms with E-state index in [-0.39, 0.29) is 29.4 Å². The molecule has 1 atom stereocenters. The maximum absolute atomic E-state index is 13.0. The highest BCUT2D eigenvalue weighted by Crippen LogP contribution is 2.29. The minimum absolute atomic E-state index is 0.0805. The zero-order chi connectivity index (χ0) is 25.5. The topological polar surface area (TPSA) is 78.4 Å². The highest BCUT2D eigenvalue weighted by Gasteiger charge is 2.29. The number of carbonyl (C=O) groups excluding carboxylic acids is 2. The van der Waals surface area contributed by atoms with Gasteiger partial charge in [0.25, 0.3) is 0 Å². The van der Waals surface area contributed by atoms with Gasteiger partial charge in [0.1, 0.15) is 16.8 Å². The summed E-state index contributed by atoms with van der Waals surface area (Å²) in [6.07, 6.45) is 6.78. The molecule has 2 fully saturated rings. The van der Waals surface area contributed by atoms with Crippen LogP contribution >= 0.6 is 23.4 Å². The molecule has 1 aliphatic heterocycles. The van der Waals surface area contributed by atoms with Gasteiger partial charge in [-0.2, -0.15) is 0 Å². The van der Waals surface area contributed by atoms with E-state index < -0.39 is 0 Å². The molecule has 1 aliphatic carbocycles. The van der Waals surface area contributed by atoms with Crippen LogP contribution in [0.15, 0.2) is 35.5 Å². The Morgan fingerprint density at radius 2 is 1.92 bits per heavy atom. The van der Waals surface area contributed by atoms with Crippen molar-refractivity contribution >= 4 is 41.0 Å². The molecule has 1 aromatic heterocycles. The molecule has 7 nitrogen and oxygen atoms in total. The number of piperazine rings is 1. The summed E-state index contributed by atoms with van der Waals surface area (Å²) in [4.78, 5) is 38.1. The van der Waals surface area contributed by atoms with Gasteiger partial charge in [-0.1, -0.05) is 61.2 Å². The van der Waals surface area contributed by atoms with E-state index in [1.54, 1.807) is 18.2 Å². The Morgan fingerprint density at radius 3 is 2.64 bits per heavy atom. The number of nitrogens with zero attached hydrogens (tertiary/aromatic N) is 4. The zero-order valence-electron chi connectivity index (χ0n) is 20.6. The first-order chi connectivity index (χ1) is 17.4. The Morgan fingerprint density at radius 1 is 1.17 bits per heavy atom. The molecule has 2 heterocycles. The molecule has 0 bridgehead atoms. The third kappa shape index (κ3) is 7.56.